The monoisotopic (exact) mass is 297 g/mol. The average Bonchev–Trinajstić information content (AvgIpc) is 2.30. The van der Waals surface area contributed by atoms with Gasteiger partial charge < -0.3 is 9.64 Å². The van der Waals surface area contributed by atoms with Gasteiger partial charge in [0.1, 0.15) is 11.5 Å². The second kappa shape index (κ2) is 4.87. The van der Waals surface area contributed by atoms with E-state index in [2.05, 4.69) is 15.9 Å². The number of anilines is 1. The van der Waals surface area contributed by atoms with Gasteiger partial charge in [0, 0.05) is 23.5 Å². The van der Waals surface area contributed by atoms with Crippen LogP contribution >= 0.6 is 15.9 Å². The van der Waals surface area contributed by atoms with Gasteiger partial charge in [-0.15, -0.1) is 0 Å². The van der Waals surface area contributed by atoms with E-state index in [1.165, 1.54) is 0 Å². The first-order chi connectivity index (χ1) is 8.11. The van der Waals surface area contributed by atoms with Crippen molar-refractivity contribution in [2.75, 3.05) is 18.6 Å². The number of benzene rings is 1. The van der Waals surface area contributed by atoms with Crippen LogP contribution in [0.4, 0.5) is 5.69 Å². The van der Waals surface area contributed by atoms with E-state index in [-0.39, 0.29) is 18.1 Å². The van der Waals surface area contributed by atoms with Crippen LogP contribution in [0, 0.1) is 0 Å². The van der Waals surface area contributed by atoms with Crippen LogP contribution < -0.4 is 9.64 Å². The number of hydrogen-bond acceptors (Lipinski definition) is 3. The topological polar surface area (TPSA) is 46.6 Å². The second-order valence-electron chi connectivity index (χ2n) is 3.83. The molecule has 1 amide bonds. The van der Waals surface area contributed by atoms with Gasteiger partial charge in [0.25, 0.3) is 0 Å². The highest BCUT2D eigenvalue weighted by Crippen LogP contribution is 2.32. The van der Waals surface area contributed by atoms with Gasteiger partial charge in [-0.1, -0.05) is 0 Å². The normalized spacial score (nSPS) is 16.2. The molecule has 2 rings (SSSR count). The number of halogens is 1. The quantitative estimate of drug-likeness (QED) is 0.786. The number of hydrogen-bond donors (Lipinski definition) is 0. The average molecular weight is 298 g/mol. The summed E-state index contributed by atoms with van der Waals surface area (Å²) in [6, 6.07) is 5.43. The summed E-state index contributed by atoms with van der Waals surface area (Å²) in [5.41, 5.74) is 0.752. The molecule has 0 atom stereocenters. The molecule has 1 heterocycles. The van der Waals surface area contributed by atoms with Gasteiger partial charge in [-0.2, -0.15) is 0 Å². The fourth-order valence-corrected chi connectivity index (χ4v) is 2.26. The number of piperidine rings is 1. The third kappa shape index (κ3) is 2.49. The Morgan fingerprint density at radius 2 is 2.12 bits per heavy atom. The molecule has 90 valence electrons. The van der Waals surface area contributed by atoms with E-state index in [1.807, 2.05) is 12.1 Å². The Morgan fingerprint density at radius 1 is 1.35 bits per heavy atom. The minimum absolute atomic E-state index is 0.00488. The molecule has 0 saturated carbocycles. The van der Waals surface area contributed by atoms with Gasteiger partial charge in [-0.25, -0.2) is 0 Å². The minimum Gasteiger partial charge on any atom is -0.497 e. The van der Waals surface area contributed by atoms with Crippen molar-refractivity contribution in [3.8, 4) is 5.75 Å². The van der Waals surface area contributed by atoms with Gasteiger partial charge in [-0.05, 0) is 28.1 Å². The summed E-state index contributed by atoms with van der Waals surface area (Å²) in [5, 5.41) is 0. The van der Waals surface area contributed by atoms with Gasteiger partial charge in [-0.3, -0.25) is 9.59 Å². The standard InChI is InChI=1S/C12H12BrNO3/c1-17-9-2-3-10(13)11(7-9)14-5-4-8(15)6-12(14)16/h2-3,7H,4-6H2,1H3. The second-order valence-corrected chi connectivity index (χ2v) is 4.68. The van der Waals surface area contributed by atoms with E-state index in [9.17, 15) is 9.59 Å². The molecule has 0 aromatic heterocycles. The third-order valence-corrected chi connectivity index (χ3v) is 3.38. The number of methoxy groups -OCH3 is 1. The number of Topliss-reactive ketones (excluding diaryl/α,β-unsaturated/α-hetero) is 1. The van der Waals surface area contributed by atoms with Crippen molar-refractivity contribution in [3.05, 3.63) is 22.7 Å². The number of carbonyl (C=O) groups is 2. The highest BCUT2D eigenvalue weighted by atomic mass is 79.9. The Bertz CT molecular complexity index is 473. The van der Waals surface area contributed by atoms with Crippen molar-refractivity contribution in [1.82, 2.24) is 0 Å². The van der Waals surface area contributed by atoms with Crippen LogP contribution in [0.1, 0.15) is 12.8 Å². The first kappa shape index (κ1) is 12.1. The molecule has 1 aromatic rings. The fourth-order valence-electron chi connectivity index (χ4n) is 1.79. The summed E-state index contributed by atoms with van der Waals surface area (Å²) in [6.07, 6.45) is 0.402. The number of rotatable bonds is 2. The third-order valence-electron chi connectivity index (χ3n) is 2.71. The molecule has 0 radical (unpaired) electrons. The number of ketones is 1. The fraction of sp³-hybridized carbons (Fsp3) is 0.333. The smallest absolute Gasteiger partial charge is 0.234 e. The summed E-state index contributed by atoms with van der Waals surface area (Å²) < 4.78 is 5.95. The Morgan fingerprint density at radius 3 is 2.76 bits per heavy atom. The van der Waals surface area contributed by atoms with Crippen molar-refractivity contribution in [1.29, 1.82) is 0 Å². The van der Waals surface area contributed by atoms with Crippen molar-refractivity contribution in [2.45, 2.75) is 12.8 Å². The van der Waals surface area contributed by atoms with E-state index in [4.69, 9.17) is 4.74 Å². The molecule has 0 bridgehead atoms. The maximum absolute atomic E-state index is 11.8. The lowest BCUT2D eigenvalue weighted by molar-refractivity contribution is -0.128. The highest BCUT2D eigenvalue weighted by molar-refractivity contribution is 9.10. The van der Waals surface area contributed by atoms with Crippen LogP contribution in [-0.2, 0) is 9.59 Å². The zero-order valence-corrected chi connectivity index (χ0v) is 11.0. The van der Waals surface area contributed by atoms with Crippen molar-refractivity contribution in [3.63, 3.8) is 0 Å². The van der Waals surface area contributed by atoms with Crippen LogP contribution in [0.25, 0.3) is 0 Å². The van der Waals surface area contributed by atoms with Crippen LogP contribution in [0.5, 0.6) is 5.75 Å². The molecule has 5 heteroatoms. The van der Waals surface area contributed by atoms with Crippen molar-refractivity contribution < 1.29 is 14.3 Å². The van der Waals surface area contributed by atoms with Gasteiger partial charge in [0.15, 0.2) is 0 Å². The van der Waals surface area contributed by atoms with Gasteiger partial charge in [0.2, 0.25) is 5.91 Å². The van der Waals surface area contributed by atoms with Gasteiger partial charge in [0.05, 0.1) is 19.2 Å². The summed E-state index contributed by atoms with van der Waals surface area (Å²) >= 11 is 3.40. The SMILES string of the molecule is COc1ccc(Br)c(N2CCC(=O)CC2=O)c1. The lowest BCUT2D eigenvalue weighted by Crippen LogP contribution is -2.39. The predicted molar refractivity (Wildman–Crippen MR) is 67.3 cm³/mol. The minimum atomic E-state index is -0.157. The first-order valence-electron chi connectivity index (χ1n) is 5.27. The van der Waals surface area contributed by atoms with E-state index >= 15 is 0 Å². The molecule has 1 aliphatic heterocycles. The lowest BCUT2D eigenvalue weighted by Gasteiger charge is -2.27. The Kier molecular flexibility index (Phi) is 3.47. The van der Waals surface area contributed by atoms with Crippen LogP contribution in [-0.4, -0.2) is 25.3 Å². The first-order valence-corrected chi connectivity index (χ1v) is 6.06. The Balaban J connectivity index is 2.33. The number of amides is 1. The number of carbonyl (C=O) groups excluding carboxylic acids is 2. The molecule has 1 saturated heterocycles. The van der Waals surface area contributed by atoms with E-state index in [1.54, 1.807) is 18.1 Å². The van der Waals surface area contributed by atoms with Crippen molar-refractivity contribution >= 4 is 33.3 Å². The Hall–Kier alpha value is -1.36. The molecule has 0 spiro atoms. The summed E-state index contributed by atoms with van der Waals surface area (Å²) in [5.74, 6) is 0.536. The molecule has 0 aliphatic carbocycles. The highest BCUT2D eigenvalue weighted by Gasteiger charge is 2.26. The molecule has 1 fully saturated rings. The van der Waals surface area contributed by atoms with Crippen LogP contribution in [0.15, 0.2) is 22.7 Å². The van der Waals surface area contributed by atoms with E-state index in [0.717, 1.165) is 10.2 Å². The maximum Gasteiger partial charge on any atom is 0.234 e. The Labute approximate surface area is 108 Å². The molecule has 17 heavy (non-hydrogen) atoms. The van der Waals surface area contributed by atoms with Crippen LogP contribution in [0.2, 0.25) is 0 Å². The van der Waals surface area contributed by atoms with Gasteiger partial charge >= 0.3 is 0 Å². The number of nitrogens with zero attached hydrogens (tertiary/aromatic N) is 1. The van der Waals surface area contributed by atoms with Crippen molar-refractivity contribution in [2.24, 2.45) is 0 Å². The van der Waals surface area contributed by atoms with E-state index in [0.29, 0.717) is 18.7 Å². The molecular formula is C12H12BrNO3. The maximum atomic E-state index is 11.8. The molecule has 1 aliphatic rings. The zero-order chi connectivity index (χ0) is 12.4. The zero-order valence-electron chi connectivity index (χ0n) is 9.40. The van der Waals surface area contributed by atoms with E-state index < -0.39 is 0 Å². The molecular weight excluding hydrogens is 286 g/mol. The molecule has 0 N–H and O–H groups in total. The summed E-state index contributed by atoms with van der Waals surface area (Å²) in [6.45, 7) is 0.434. The predicted octanol–water partition coefficient (Wildman–Crippen LogP) is 2.15. The number of ether oxygens (including phenoxy) is 1. The summed E-state index contributed by atoms with van der Waals surface area (Å²) in [4.78, 5) is 24.6. The largest absolute Gasteiger partial charge is 0.497 e. The summed E-state index contributed by atoms with van der Waals surface area (Å²) in [7, 11) is 1.58. The lowest BCUT2D eigenvalue weighted by atomic mass is 10.1. The molecule has 0 unspecified atom stereocenters. The molecule has 1 aromatic carbocycles. The molecule has 4 nitrogen and oxygen atoms in total. The van der Waals surface area contributed by atoms with Crippen LogP contribution in [0.3, 0.4) is 0 Å².